The van der Waals surface area contributed by atoms with Crippen LogP contribution in [0.4, 0.5) is 5.69 Å². The highest BCUT2D eigenvalue weighted by Crippen LogP contribution is 2.35. The van der Waals surface area contributed by atoms with E-state index >= 15 is 0 Å². The highest BCUT2D eigenvalue weighted by Gasteiger charge is 2.08. The molecule has 0 spiro atoms. The van der Waals surface area contributed by atoms with Crippen LogP contribution in [0.5, 0.6) is 11.5 Å². The molecule has 148 valence electrons. The highest BCUT2D eigenvalue weighted by atomic mass is 79.9. The largest absolute Gasteiger partial charge is 0.503 e. The summed E-state index contributed by atoms with van der Waals surface area (Å²) in [6.07, 6.45) is 3.93. The Kier molecular flexibility index (Phi) is 8.07. The Balaban J connectivity index is 1.93. The number of aryl methyl sites for hydroxylation is 1. The Morgan fingerprint density at radius 3 is 2.57 bits per heavy atom. The maximum absolute atomic E-state index is 12.1. The lowest BCUT2D eigenvalue weighted by Crippen LogP contribution is -2.08. The molecule has 0 bridgehead atoms. The summed E-state index contributed by atoms with van der Waals surface area (Å²) >= 11 is 3.24. The average molecular weight is 448 g/mol. The molecule has 2 aromatic carbocycles. The first kappa shape index (κ1) is 21.5. The zero-order valence-corrected chi connectivity index (χ0v) is 17.3. The first-order chi connectivity index (χ1) is 13.4. The predicted octanol–water partition coefficient (Wildman–Crippen LogP) is 4.31. The molecular formula is C21H22BrNO5. The van der Waals surface area contributed by atoms with Gasteiger partial charge in [-0.25, -0.2) is 0 Å². The summed E-state index contributed by atoms with van der Waals surface area (Å²) in [4.78, 5) is 23.5. The molecule has 2 rings (SSSR count). The van der Waals surface area contributed by atoms with Crippen LogP contribution in [-0.4, -0.2) is 30.7 Å². The van der Waals surface area contributed by atoms with Gasteiger partial charge in [-0.1, -0.05) is 12.1 Å². The molecule has 1 amide bonds. The second kappa shape index (κ2) is 10.5. The first-order valence-electron chi connectivity index (χ1n) is 8.73. The van der Waals surface area contributed by atoms with Crippen LogP contribution in [0.2, 0.25) is 0 Å². The van der Waals surface area contributed by atoms with E-state index in [0.717, 1.165) is 5.56 Å². The quantitative estimate of drug-likeness (QED) is 0.465. The van der Waals surface area contributed by atoms with Gasteiger partial charge in [-0.05, 0) is 70.7 Å². The minimum atomic E-state index is -0.289. The lowest BCUT2D eigenvalue weighted by molar-refractivity contribution is -0.143. The summed E-state index contributed by atoms with van der Waals surface area (Å²) in [7, 11) is 1.46. The third-order valence-corrected chi connectivity index (χ3v) is 4.45. The van der Waals surface area contributed by atoms with E-state index < -0.39 is 0 Å². The van der Waals surface area contributed by atoms with Crippen LogP contribution in [0.25, 0.3) is 6.08 Å². The van der Waals surface area contributed by atoms with Gasteiger partial charge in [0.05, 0.1) is 18.2 Å². The van der Waals surface area contributed by atoms with E-state index in [1.807, 2.05) is 12.1 Å². The molecule has 0 aliphatic rings. The van der Waals surface area contributed by atoms with E-state index in [1.54, 1.807) is 37.3 Å². The predicted molar refractivity (Wildman–Crippen MR) is 111 cm³/mol. The minimum Gasteiger partial charge on any atom is -0.503 e. The fraction of sp³-hybridized carbons (Fsp3) is 0.238. The highest BCUT2D eigenvalue weighted by molar-refractivity contribution is 9.10. The molecule has 0 aliphatic carbocycles. The first-order valence-corrected chi connectivity index (χ1v) is 9.52. The Hall–Kier alpha value is -2.80. The maximum atomic E-state index is 12.1. The van der Waals surface area contributed by atoms with Crippen molar-refractivity contribution in [3.05, 3.63) is 58.1 Å². The van der Waals surface area contributed by atoms with Crippen molar-refractivity contribution in [1.29, 1.82) is 0 Å². The van der Waals surface area contributed by atoms with Gasteiger partial charge in [-0.15, -0.1) is 0 Å². The number of hydrogen-bond donors (Lipinski definition) is 2. The van der Waals surface area contributed by atoms with Crippen molar-refractivity contribution in [2.45, 2.75) is 19.8 Å². The second-order valence-electron chi connectivity index (χ2n) is 5.88. The van der Waals surface area contributed by atoms with E-state index in [0.29, 0.717) is 40.9 Å². The molecule has 0 unspecified atom stereocenters. The van der Waals surface area contributed by atoms with Crippen LogP contribution in [0.15, 0.2) is 46.9 Å². The van der Waals surface area contributed by atoms with Gasteiger partial charge in [-0.3, -0.25) is 9.59 Å². The van der Waals surface area contributed by atoms with Gasteiger partial charge in [0.2, 0.25) is 5.91 Å². The topological polar surface area (TPSA) is 84.9 Å². The number of ether oxygens (including phenoxy) is 2. The minimum absolute atomic E-state index is 0.00662. The number of hydrogen-bond acceptors (Lipinski definition) is 5. The molecular weight excluding hydrogens is 426 g/mol. The van der Waals surface area contributed by atoms with Crippen LogP contribution in [0.1, 0.15) is 24.5 Å². The van der Waals surface area contributed by atoms with Gasteiger partial charge in [0, 0.05) is 18.2 Å². The Labute approximate surface area is 172 Å². The zero-order chi connectivity index (χ0) is 20.5. The molecule has 0 atom stereocenters. The van der Waals surface area contributed by atoms with Crippen molar-refractivity contribution < 1.29 is 24.2 Å². The van der Waals surface area contributed by atoms with Crippen molar-refractivity contribution in [3.8, 4) is 11.5 Å². The molecule has 28 heavy (non-hydrogen) atoms. The van der Waals surface area contributed by atoms with E-state index in [4.69, 9.17) is 9.47 Å². The summed E-state index contributed by atoms with van der Waals surface area (Å²) < 4.78 is 10.5. The molecule has 0 aromatic heterocycles. The Bertz CT molecular complexity index is 862. The number of esters is 1. The monoisotopic (exact) mass is 447 g/mol. The Morgan fingerprint density at radius 2 is 1.93 bits per heavy atom. The number of carbonyl (C=O) groups is 2. The molecule has 0 heterocycles. The van der Waals surface area contributed by atoms with Gasteiger partial charge in [-0.2, -0.15) is 0 Å². The van der Waals surface area contributed by atoms with Crippen molar-refractivity contribution in [2.24, 2.45) is 0 Å². The fourth-order valence-electron chi connectivity index (χ4n) is 2.44. The van der Waals surface area contributed by atoms with E-state index in [1.165, 1.54) is 13.2 Å². The lowest BCUT2D eigenvalue weighted by Gasteiger charge is -2.07. The van der Waals surface area contributed by atoms with Crippen LogP contribution in [0, 0.1) is 0 Å². The van der Waals surface area contributed by atoms with Gasteiger partial charge in [0.1, 0.15) is 0 Å². The number of phenolic OH excluding ortho intramolecular Hbond substituents is 1. The third kappa shape index (κ3) is 6.42. The SMILES string of the molecule is CCOC(=O)CCc1ccc(NC(=O)C=Cc2cc(Br)c(O)c(OC)c2)cc1. The van der Waals surface area contributed by atoms with E-state index in [9.17, 15) is 14.7 Å². The molecule has 0 fully saturated rings. The molecule has 2 aromatic rings. The van der Waals surface area contributed by atoms with Crippen molar-refractivity contribution in [1.82, 2.24) is 0 Å². The summed E-state index contributed by atoms with van der Waals surface area (Å²) in [5.41, 5.74) is 2.34. The fourth-order valence-corrected chi connectivity index (χ4v) is 2.90. The number of amides is 1. The summed E-state index contributed by atoms with van der Waals surface area (Å²) in [6, 6.07) is 10.6. The zero-order valence-electron chi connectivity index (χ0n) is 15.7. The summed E-state index contributed by atoms with van der Waals surface area (Å²) in [5, 5.41) is 12.6. The number of anilines is 1. The Morgan fingerprint density at radius 1 is 1.21 bits per heavy atom. The number of nitrogens with one attached hydrogen (secondary N) is 1. The maximum Gasteiger partial charge on any atom is 0.306 e. The molecule has 2 N–H and O–H groups in total. The van der Waals surface area contributed by atoms with Crippen LogP contribution in [-0.2, 0) is 20.7 Å². The number of methoxy groups -OCH3 is 1. The molecule has 0 saturated heterocycles. The number of benzene rings is 2. The molecule has 0 saturated carbocycles. The molecule has 7 heteroatoms. The van der Waals surface area contributed by atoms with Crippen molar-refractivity contribution in [3.63, 3.8) is 0 Å². The van der Waals surface area contributed by atoms with Gasteiger partial charge >= 0.3 is 5.97 Å². The smallest absolute Gasteiger partial charge is 0.306 e. The van der Waals surface area contributed by atoms with Gasteiger partial charge in [0.15, 0.2) is 11.5 Å². The van der Waals surface area contributed by atoms with Gasteiger partial charge < -0.3 is 19.9 Å². The second-order valence-corrected chi connectivity index (χ2v) is 6.73. The van der Waals surface area contributed by atoms with Crippen LogP contribution < -0.4 is 10.1 Å². The lowest BCUT2D eigenvalue weighted by atomic mass is 10.1. The van der Waals surface area contributed by atoms with Crippen molar-refractivity contribution in [2.75, 3.05) is 19.0 Å². The summed E-state index contributed by atoms with van der Waals surface area (Å²) in [5.74, 6) is -0.190. The van der Waals surface area contributed by atoms with E-state index in [-0.39, 0.29) is 17.6 Å². The standard InChI is InChI=1S/C21H22BrNO5/c1-3-28-20(25)11-7-14-4-8-16(9-5-14)23-19(24)10-6-15-12-17(22)21(26)18(13-15)27-2/h4-6,8-10,12-13,26H,3,7,11H2,1-2H3,(H,23,24). The molecule has 0 aliphatic heterocycles. The van der Waals surface area contributed by atoms with Crippen LogP contribution >= 0.6 is 15.9 Å². The normalized spacial score (nSPS) is 10.7. The number of aromatic hydroxyl groups is 1. The average Bonchev–Trinajstić information content (AvgIpc) is 2.68. The third-order valence-electron chi connectivity index (χ3n) is 3.84. The number of halogens is 1. The summed E-state index contributed by atoms with van der Waals surface area (Å²) in [6.45, 7) is 2.16. The van der Waals surface area contributed by atoms with Gasteiger partial charge in [0.25, 0.3) is 0 Å². The van der Waals surface area contributed by atoms with Crippen LogP contribution in [0.3, 0.4) is 0 Å². The number of carbonyl (C=O) groups excluding carboxylic acids is 2. The molecule has 6 nitrogen and oxygen atoms in total. The van der Waals surface area contributed by atoms with Crippen molar-refractivity contribution >= 4 is 39.6 Å². The number of phenols is 1. The van der Waals surface area contributed by atoms with E-state index in [2.05, 4.69) is 21.2 Å². The number of rotatable bonds is 8. The molecule has 0 radical (unpaired) electrons.